The van der Waals surface area contributed by atoms with Gasteiger partial charge >= 0.3 is 0 Å². The summed E-state index contributed by atoms with van der Waals surface area (Å²) in [5.41, 5.74) is 0. The minimum atomic E-state index is 0.0832. The molecular formula is C10H13NO. The molecule has 0 radical (unpaired) electrons. The molecule has 0 aromatic heterocycles. The largest absolute Gasteiger partial charge is 0.235 e. The number of rotatable bonds is 3. The van der Waals surface area contributed by atoms with Gasteiger partial charge in [-0.2, -0.15) is 0 Å². The zero-order valence-corrected chi connectivity index (χ0v) is 7.34. The van der Waals surface area contributed by atoms with Gasteiger partial charge in [0.25, 0.3) is 0 Å². The average Bonchev–Trinajstić information content (AvgIpc) is 2.06. The molecular weight excluding hydrogens is 150 g/mol. The summed E-state index contributed by atoms with van der Waals surface area (Å²) in [6.07, 6.45) is 5.87. The summed E-state index contributed by atoms with van der Waals surface area (Å²) in [5.74, 6) is 6.71. The fourth-order valence-corrected chi connectivity index (χ4v) is 1.46. The summed E-state index contributed by atoms with van der Waals surface area (Å²) in [6.45, 7) is 1.93. The first kappa shape index (κ1) is 9.03. The molecule has 0 saturated carbocycles. The van der Waals surface area contributed by atoms with E-state index in [4.69, 9.17) is 0 Å². The lowest BCUT2D eigenvalue weighted by molar-refractivity contribution is 0.484. The highest BCUT2D eigenvalue weighted by Crippen LogP contribution is 2.18. The molecule has 0 saturated heterocycles. The Morgan fingerprint density at radius 1 is 1.75 bits per heavy atom. The molecule has 0 heterocycles. The molecule has 2 heteroatoms. The van der Waals surface area contributed by atoms with Crippen LogP contribution in [0.25, 0.3) is 0 Å². The van der Waals surface area contributed by atoms with Gasteiger partial charge in [0.2, 0.25) is 6.08 Å². The van der Waals surface area contributed by atoms with E-state index < -0.39 is 0 Å². The Balaban J connectivity index is 2.37. The van der Waals surface area contributed by atoms with Gasteiger partial charge < -0.3 is 0 Å². The van der Waals surface area contributed by atoms with E-state index >= 15 is 0 Å². The molecule has 1 aliphatic carbocycles. The van der Waals surface area contributed by atoms with E-state index in [1.165, 1.54) is 6.42 Å². The lowest BCUT2D eigenvalue weighted by atomic mass is 9.92. The Morgan fingerprint density at radius 2 is 2.58 bits per heavy atom. The van der Waals surface area contributed by atoms with Crippen LogP contribution in [0, 0.1) is 17.8 Å². The van der Waals surface area contributed by atoms with E-state index in [2.05, 4.69) is 16.8 Å². The highest BCUT2D eigenvalue weighted by molar-refractivity contribution is 5.33. The van der Waals surface area contributed by atoms with Crippen LogP contribution in [-0.4, -0.2) is 12.1 Å². The van der Waals surface area contributed by atoms with Crippen molar-refractivity contribution in [2.45, 2.75) is 38.6 Å². The Kier molecular flexibility index (Phi) is 3.57. The summed E-state index contributed by atoms with van der Waals surface area (Å²) in [7, 11) is 0. The minimum absolute atomic E-state index is 0.0832. The van der Waals surface area contributed by atoms with Crippen LogP contribution in [0.1, 0.15) is 32.6 Å². The topological polar surface area (TPSA) is 29.4 Å². The van der Waals surface area contributed by atoms with Crippen molar-refractivity contribution in [3.8, 4) is 11.8 Å². The molecule has 2 atom stereocenters. The zero-order valence-electron chi connectivity index (χ0n) is 7.34. The molecule has 0 bridgehead atoms. The van der Waals surface area contributed by atoms with E-state index in [9.17, 15) is 4.79 Å². The van der Waals surface area contributed by atoms with Crippen LogP contribution < -0.4 is 0 Å². The third-order valence-corrected chi connectivity index (χ3v) is 2.06. The summed E-state index contributed by atoms with van der Waals surface area (Å²) in [6, 6.07) is 0.0832. The normalized spacial score (nSPS) is 23.2. The third-order valence-electron chi connectivity index (χ3n) is 2.06. The van der Waals surface area contributed by atoms with Gasteiger partial charge in [0, 0.05) is 12.3 Å². The van der Waals surface area contributed by atoms with Crippen molar-refractivity contribution in [3.63, 3.8) is 0 Å². The van der Waals surface area contributed by atoms with Gasteiger partial charge in [-0.05, 0) is 26.2 Å². The van der Waals surface area contributed by atoms with Crippen LogP contribution in [0.4, 0.5) is 0 Å². The maximum absolute atomic E-state index is 9.93. The van der Waals surface area contributed by atoms with Crippen LogP contribution in [0.5, 0.6) is 0 Å². The van der Waals surface area contributed by atoms with Crippen LogP contribution in [-0.2, 0) is 4.79 Å². The monoisotopic (exact) mass is 163 g/mol. The molecule has 2 nitrogen and oxygen atoms in total. The number of nitrogens with zero attached hydrogens (tertiary/aromatic N) is 1. The van der Waals surface area contributed by atoms with Gasteiger partial charge in [-0.1, -0.05) is 5.92 Å². The first-order valence-electron chi connectivity index (χ1n) is 4.38. The lowest BCUT2D eigenvalue weighted by Gasteiger charge is -2.14. The minimum Gasteiger partial charge on any atom is -0.211 e. The number of carbonyl (C=O) groups excluding carboxylic acids is 1. The summed E-state index contributed by atoms with van der Waals surface area (Å²) < 4.78 is 0. The molecule has 0 N–H and O–H groups in total. The predicted molar refractivity (Wildman–Crippen MR) is 47.3 cm³/mol. The second kappa shape index (κ2) is 4.74. The number of hydrogen-bond acceptors (Lipinski definition) is 2. The molecule has 0 fully saturated rings. The quantitative estimate of drug-likeness (QED) is 0.355. The average molecular weight is 163 g/mol. The van der Waals surface area contributed by atoms with Crippen molar-refractivity contribution in [1.29, 1.82) is 0 Å². The lowest BCUT2D eigenvalue weighted by Crippen LogP contribution is -2.09. The molecule has 1 rings (SSSR count). The fourth-order valence-electron chi connectivity index (χ4n) is 1.46. The van der Waals surface area contributed by atoms with Crippen molar-refractivity contribution in [3.05, 3.63) is 0 Å². The molecule has 2 unspecified atom stereocenters. The van der Waals surface area contributed by atoms with Gasteiger partial charge in [-0.3, -0.25) is 0 Å². The van der Waals surface area contributed by atoms with Gasteiger partial charge in [0.1, 0.15) is 0 Å². The van der Waals surface area contributed by atoms with Crippen LogP contribution >= 0.6 is 0 Å². The van der Waals surface area contributed by atoms with Crippen molar-refractivity contribution >= 4 is 6.08 Å². The zero-order chi connectivity index (χ0) is 8.81. The molecule has 0 amide bonds. The van der Waals surface area contributed by atoms with Gasteiger partial charge in [-0.15, -0.1) is 5.92 Å². The Labute approximate surface area is 73.1 Å². The smallest absolute Gasteiger partial charge is 0.211 e. The Hall–Kier alpha value is -1.06. The molecule has 12 heavy (non-hydrogen) atoms. The molecule has 0 spiro atoms. The first-order chi connectivity index (χ1) is 5.83. The first-order valence-corrected chi connectivity index (χ1v) is 4.38. The predicted octanol–water partition coefficient (Wildman–Crippen LogP) is 1.90. The van der Waals surface area contributed by atoms with Gasteiger partial charge in [0.15, 0.2) is 0 Å². The summed E-state index contributed by atoms with van der Waals surface area (Å²) in [5, 5.41) is 0. The highest BCUT2D eigenvalue weighted by atomic mass is 16.1. The molecule has 0 aliphatic heterocycles. The fraction of sp³-hybridized carbons (Fsp3) is 0.700. The van der Waals surface area contributed by atoms with Crippen molar-refractivity contribution in [1.82, 2.24) is 0 Å². The highest BCUT2D eigenvalue weighted by Gasteiger charge is 2.11. The van der Waals surface area contributed by atoms with Crippen LogP contribution in [0.3, 0.4) is 0 Å². The maximum Gasteiger partial charge on any atom is 0.235 e. The molecule has 1 aliphatic rings. The third kappa shape index (κ3) is 2.90. The maximum atomic E-state index is 9.93. The van der Waals surface area contributed by atoms with Gasteiger partial charge in [0.05, 0.1) is 6.04 Å². The second-order valence-electron chi connectivity index (χ2n) is 3.22. The van der Waals surface area contributed by atoms with Crippen molar-refractivity contribution in [2.75, 3.05) is 0 Å². The van der Waals surface area contributed by atoms with Crippen LogP contribution in [0.2, 0.25) is 0 Å². The Morgan fingerprint density at radius 3 is 3.17 bits per heavy atom. The van der Waals surface area contributed by atoms with Crippen LogP contribution in [0.15, 0.2) is 4.99 Å². The summed E-state index contributed by atoms with van der Waals surface area (Å²) in [4.78, 5) is 13.6. The van der Waals surface area contributed by atoms with E-state index in [1.807, 2.05) is 6.92 Å². The number of aliphatic imine (C=N–C) groups is 1. The Bertz CT molecular complexity index is 242. The molecule has 0 aromatic carbocycles. The summed E-state index contributed by atoms with van der Waals surface area (Å²) >= 11 is 0. The van der Waals surface area contributed by atoms with E-state index in [1.54, 1.807) is 6.08 Å². The van der Waals surface area contributed by atoms with E-state index in [-0.39, 0.29) is 6.04 Å². The number of isocyanates is 1. The standard InChI is InChI=1S/C10H13NO/c1-9(11-8-12)7-10-5-3-2-4-6-10/h9-10H,2-3,5,7H2,1H3. The molecule has 0 aromatic rings. The second-order valence-corrected chi connectivity index (χ2v) is 3.22. The van der Waals surface area contributed by atoms with Crippen molar-refractivity contribution in [2.24, 2.45) is 10.9 Å². The molecule has 64 valence electrons. The SMILES string of the molecule is CC(CC1C#CCCC1)N=C=O. The van der Waals surface area contributed by atoms with E-state index in [0.717, 1.165) is 19.3 Å². The van der Waals surface area contributed by atoms with Gasteiger partial charge in [-0.25, -0.2) is 9.79 Å². The number of hydrogen-bond donors (Lipinski definition) is 0. The van der Waals surface area contributed by atoms with E-state index in [0.29, 0.717) is 5.92 Å². The van der Waals surface area contributed by atoms with Crippen molar-refractivity contribution < 1.29 is 4.79 Å².